The second-order valence-electron chi connectivity index (χ2n) is 9.45. The van der Waals surface area contributed by atoms with Gasteiger partial charge in [0.1, 0.15) is 5.82 Å². The molecule has 0 radical (unpaired) electrons. The van der Waals surface area contributed by atoms with Crippen molar-refractivity contribution in [2.24, 2.45) is 0 Å². The van der Waals surface area contributed by atoms with E-state index in [0.717, 1.165) is 28.5 Å². The van der Waals surface area contributed by atoms with Crippen LogP contribution in [0.1, 0.15) is 88.9 Å². The number of nitrogens with one attached hydrogen (secondary N) is 1. The fraction of sp³-hybridized carbons (Fsp3) is 0.619. The van der Waals surface area contributed by atoms with Gasteiger partial charge in [-0.05, 0) is 54.5 Å². The van der Waals surface area contributed by atoms with Gasteiger partial charge in [-0.1, -0.05) is 20.8 Å². The van der Waals surface area contributed by atoms with Crippen LogP contribution in [0, 0.1) is 13.8 Å². The van der Waals surface area contributed by atoms with Crippen molar-refractivity contribution < 1.29 is 4.79 Å². The van der Waals surface area contributed by atoms with Crippen molar-refractivity contribution in [3.63, 3.8) is 0 Å². The van der Waals surface area contributed by atoms with Gasteiger partial charge in [-0.2, -0.15) is 5.10 Å². The summed E-state index contributed by atoms with van der Waals surface area (Å²) in [5.74, 6) is 0.651. The maximum absolute atomic E-state index is 13.0. The molecule has 0 saturated heterocycles. The molecule has 2 aromatic rings. The molecular formula is C21H34N4O. The summed E-state index contributed by atoms with van der Waals surface area (Å²) in [7, 11) is 0. The number of anilines is 1. The van der Waals surface area contributed by atoms with Gasteiger partial charge in [-0.3, -0.25) is 4.79 Å². The van der Waals surface area contributed by atoms with Gasteiger partial charge < -0.3 is 9.88 Å². The topological polar surface area (TPSA) is 51.9 Å². The van der Waals surface area contributed by atoms with E-state index in [9.17, 15) is 4.79 Å². The van der Waals surface area contributed by atoms with Crippen molar-refractivity contribution in [3.8, 4) is 0 Å². The zero-order chi connectivity index (χ0) is 20.0. The van der Waals surface area contributed by atoms with E-state index in [2.05, 4.69) is 65.3 Å². The molecule has 0 bridgehead atoms. The largest absolute Gasteiger partial charge is 0.346 e. The number of hydrogen-bond donors (Lipinski definition) is 1. The fourth-order valence-electron chi connectivity index (χ4n) is 3.33. The Hall–Kier alpha value is -2.04. The van der Waals surface area contributed by atoms with E-state index in [1.807, 2.05) is 30.7 Å². The van der Waals surface area contributed by atoms with Crippen LogP contribution in [0.2, 0.25) is 0 Å². The quantitative estimate of drug-likeness (QED) is 0.821. The lowest BCUT2D eigenvalue weighted by atomic mass is 9.92. The van der Waals surface area contributed by atoms with E-state index in [1.54, 1.807) is 0 Å². The van der Waals surface area contributed by atoms with Crippen LogP contribution in [0.4, 0.5) is 5.82 Å². The predicted octanol–water partition coefficient (Wildman–Crippen LogP) is 5.19. The molecule has 26 heavy (non-hydrogen) atoms. The van der Waals surface area contributed by atoms with Gasteiger partial charge in [-0.15, -0.1) is 0 Å². The highest BCUT2D eigenvalue weighted by Gasteiger charge is 2.26. The third kappa shape index (κ3) is 3.87. The average Bonchev–Trinajstić information content (AvgIpc) is 2.99. The molecule has 0 saturated carbocycles. The molecular weight excluding hydrogens is 324 g/mol. The van der Waals surface area contributed by atoms with Gasteiger partial charge >= 0.3 is 0 Å². The first-order valence-electron chi connectivity index (χ1n) is 9.34. The SMILES string of the molecule is Cc1cc(C(=O)Nc2cc(C(C)(C)C)nn2C(C)(C)C)c(C)n1C(C)C. The number of aromatic nitrogens is 3. The van der Waals surface area contributed by atoms with Crippen LogP contribution in [0.3, 0.4) is 0 Å². The van der Waals surface area contributed by atoms with Crippen molar-refractivity contribution in [1.29, 1.82) is 0 Å². The number of carbonyl (C=O) groups excluding carboxylic acids is 1. The van der Waals surface area contributed by atoms with Crippen LogP contribution < -0.4 is 5.32 Å². The molecule has 2 heterocycles. The number of amides is 1. The number of nitrogens with zero attached hydrogens (tertiary/aromatic N) is 3. The normalized spacial score (nSPS) is 12.7. The summed E-state index contributed by atoms with van der Waals surface area (Å²) in [4.78, 5) is 13.0. The summed E-state index contributed by atoms with van der Waals surface area (Å²) < 4.78 is 4.10. The summed E-state index contributed by atoms with van der Waals surface area (Å²) in [6, 6.07) is 4.28. The Morgan fingerprint density at radius 3 is 2.08 bits per heavy atom. The van der Waals surface area contributed by atoms with Crippen molar-refractivity contribution in [1.82, 2.24) is 14.3 Å². The second-order valence-corrected chi connectivity index (χ2v) is 9.45. The summed E-state index contributed by atoms with van der Waals surface area (Å²) in [5, 5.41) is 7.86. The highest BCUT2D eigenvalue weighted by atomic mass is 16.1. The molecule has 144 valence electrons. The van der Waals surface area contributed by atoms with Crippen LogP contribution in [0.25, 0.3) is 0 Å². The Balaban J connectivity index is 2.44. The first-order valence-corrected chi connectivity index (χ1v) is 9.34. The number of aryl methyl sites for hydroxylation is 1. The Kier molecular flexibility index (Phi) is 5.15. The second kappa shape index (κ2) is 6.60. The van der Waals surface area contributed by atoms with E-state index in [0.29, 0.717) is 6.04 Å². The fourth-order valence-corrected chi connectivity index (χ4v) is 3.33. The smallest absolute Gasteiger partial charge is 0.258 e. The van der Waals surface area contributed by atoms with Crippen molar-refractivity contribution in [2.75, 3.05) is 5.32 Å². The first kappa shape index (κ1) is 20.3. The minimum absolute atomic E-state index is 0.0799. The zero-order valence-electron chi connectivity index (χ0n) is 18.0. The standard InChI is InChI=1S/C21H34N4O/c1-13(2)24-14(3)11-16(15(24)4)19(26)22-18-12-17(20(5,6)7)23-25(18)21(8,9)10/h11-13H,1-10H3,(H,22,26). The highest BCUT2D eigenvalue weighted by Crippen LogP contribution is 2.29. The molecule has 0 atom stereocenters. The van der Waals surface area contributed by atoms with Crippen molar-refractivity contribution in [2.45, 2.75) is 86.2 Å². The van der Waals surface area contributed by atoms with Crippen LogP contribution in [0.15, 0.2) is 12.1 Å². The number of carbonyl (C=O) groups is 1. The van der Waals surface area contributed by atoms with Gasteiger partial charge in [0.25, 0.3) is 5.91 Å². The molecule has 5 nitrogen and oxygen atoms in total. The third-order valence-corrected chi connectivity index (χ3v) is 4.60. The molecule has 2 rings (SSSR count). The summed E-state index contributed by atoms with van der Waals surface area (Å²) in [6.07, 6.45) is 0. The lowest BCUT2D eigenvalue weighted by Crippen LogP contribution is -2.27. The molecule has 0 aromatic carbocycles. The van der Waals surface area contributed by atoms with Gasteiger partial charge in [0.05, 0.1) is 16.8 Å². The summed E-state index contributed by atoms with van der Waals surface area (Å²) >= 11 is 0. The van der Waals surface area contributed by atoms with Crippen LogP contribution in [0.5, 0.6) is 0 Å². The molecule has 5 heteroatoms. The monoisotopic (exact) mass is 358 g/mol. The predicted molar refractivity (Wildman–Crippen MR) is 108 cm³/mol. The van der Waals surface area contributed by atoms with Gasteiger partial charge in [0.2, 0.25) is 0 Å². The Bertz CT molecular complexity index is 810. The van der Waals surface area contributed by atoms with Crippen molar-refractivity contribution in [3.05, 3.63) is 34.8 Å². The Labute approximate surface area is 157 Å². The minimum atomic E-state index is -0.221. The van der Waals surface area contributed by atoms with Crippen LogP contribution >= 0.6 is 0 Å². The zero-order valence-corrected chi connectivity index (χ0v) is 18.0. The molecule has 0 aliphatic rings. The number of rotatable bonds is 3. The van der Waals surface area contributed by atoms with E-state index in [-0.39, 0.29) is 16.9 Å². The minimum Gasteiger partial charge on any atom is -0.346 e. The summed E-state index contributed by atoms with van der Waals surface area (Å²) in [6.45, 7) is 21.0. The van der Waals surface area contributed by atoms with E-state index >= 15 is 0 Å². The molecule has 0 spiro atoms. The maximum Gasteiger partial charge on any atom is 0.258 e. The lowest BCUT2D eigenvalue weighted by molar-refractivity contribution is 0.102. The van der Waals surface area contributed by atoms with E-state index in [1.165, 1.54) is 0 Å². The Morgan fingerprint density at radius 2 is 1.65 bits per heavy atom. The lowest BCUT2D eigenvalue weighted by Gasteiger charge is -2.23. The van der Waals surface area contributed by atoms with Gasteiger partial charge in [0, 0.05) is 28.9 Å². The number of hydrogen-bond acceptors (Lipinski definition) is 2. The molecule has 0 fully saturated rings. The van der Waals surface area contributed by atoms with Gasteiger partial charge in [-0.25, -0.2) is 4.68 Å². The molecule has 0 aliphatic heterocycles. The maximum atomic E-state index is 13.0. The van der Waals surface area contributed by atoms with E-state index < -0.39 is 0 Å². The molecule has 1 N–H and O–H groups in total. The molecule has 1 amide bonds. The van der Waals surface area contributed by atoms with Crippen LogP contribution in [-0.2, 0) is 11.0 Å². The first-order chi connectivity index (χ1) is 11.7. The molecule has 0 unspecified atom stereocenters. The highest BCUT2D eigenvalue weighted by molar-refractivity contribution is 6.05. The van der Waals surface area contributed by atoms with Crippen LogP contribution in [-0.4, -0.2) is 20.3 Å². The van der Waals surface area contributed by atoms with Crippen molar-refractivity contribution >= 4 is 11.7 Å². The molecule has 0 aliphatic carbocycles. The Morgan fingerprint density at radius 1 is 1.08 bits per heavy atom. The molecule has 2 aromatic heterocycles. The van der Waals surface area contributed by atoms with E-state index in [4.69, 9.17) is 5.10 Å². The van der Waals surface area contributed by atoms with Gasteiger partial charge in [0.15, 0.2) is 0 Å². The third-order valence-electron chi connectivity index (χ3n) is 4.60. The average molecular weight is 359 g/mol. The summed E-state index contributed by atoms with van der Waals surface area (Å²) in [5.41, 5.74) is 3.48.